The van der Waals surface area contributed by atoms with Crippen LogP contribution in [-0.2, 0) is 0 Å². The van der Waals surface area contributed by atoms with E-state index in [1.807, 2.05) is 0 Å². The summed E-state index contributed by atoms with van der Waals surface area (Å²) >= 11 is 0. The summed E-state index contributed by atoms with van der Waals surface area (Å²) in [6.45, 7) is 0. The second-order valence-corrected chi connectivity index (χ2v) is 2.10. The number of amides is 1. The molecule has 0 saturated heterocycles. The number of carbonyl (C=O) groups is 1. The van der Waals surface area contributed by atoms with Gasteiger partial charge in [-0.2, -0.15) is 0 Å². The van der Waals surface area contributed by atoms with Crippen molar-refractivity contribution in [3.63, 3.8) is 0 Å². The van der Waals surface area contributed by atoms with Crippen molar-refractivity contribution in [2.45, 2.75) is 0 Å². The molecule has 13 heavy (non-hydrogen) atoms. The number of hydrogen-bond acceptors (Lipinski definition) is 5. The Balaban J connectivity index is 2.79. The highest BCUT2D eigenvalue weighted by molar-refractivity contribution is 5.91. The molecule has 70 valence electrons. The summed E-state index contributed by atoms with van der Waals surface area (Å²) in [5.74, 6) is -1.13. The molecule has 0 aliphatic heterocycles. The van der Waals surface area contributed by atoms with Gasteiger partial charge in [-0.15, -0.1) is 0 Å². The lowest BCUT2D eigenvalue weighted by Gasteiger charge is -1.96. The van der Waals surface area contributed by atoms with E-state index in [1.165, 1.54) is 13.1 Å². The van der Waals surface area contributed by atoms with Crippen LogP contribution >= 0.6 is 0 Å². The smallest absolute Gasteiger partial charge is 0.395 e. The van der Waals surface area contributed by atoms with E-state index in [2.05, 4.69) is 15.3 Å². The van der Waals surface area contributed by atoms with E-state index in [4.69, 9.17) is 0 Å². The van der Waals surface area contributed by atoms with Gasteiger partial charge < -0.3 is 4.42 Å². The van der Waals surface area contributed by atoms with Crippen LogP contribution in [0.2, 0.25) is 0 Å². The molecule has 1 aromatic rings. The minimum absolute atomic E-state index is 0.110. The van der Waals surface area contributed by atoms with Crippen molar-refractivity contribution in [2.24, 2.45) is 0 Å². The molecule has 0 aromatic carbocycles. The summed E-state index contributed by atoms with van der Waals surface area (Å²) in [6.07, 6.45) is 0. The first-order valence-electron chi connectivity index (χ1n) is 3.36. The molecule has 7 nitrogen and oxygen atoms in total. The summed E-state index contributed by atoms with van der Waals surface area (Å²) in [5.41, 5.74) is 4.58. The van der Waals surface area contributed by atoms with Gasteiger partial charge in [-0.05, 0) is 6.07 Å². The van der Waals surface area contributed by atoms with Crippen molar-refractivity contribution in [2.75, 3.05) is 7.05 Å². The molecule has 2 N–H and O–H groups in total. The Bertz CT molecular complexity index is 332. The Hall–Kier alpha value is -1.89. The highest BCUT2D eigenvalue weighted by Gasteiger charge is 2.16. The summed E-state index contributed by atoms with van der Waals surface area (Å²) in [5, 5.41) is 10.2. The van der Waals surface area contributed by atoms with Gasteiger partial charge in [-0.3, -0.25) is 20.3 Å². The molecular weight excluding hydrogens is 178 g/mol. The fraction of sp³-hybridized carbons (Fsp3) is 0.167. The third kappa shape index (κ3) is 2.03. The first-order valence-corrected chi connectivity index (χ1v) is 3.36. The Kier molecular flexibility index (Phi) is 2.60. The molecule has 0 unspecified atom stereocenters. The van der Waals surface area contributed by atoms with E-state index in [0.29, 0.717) is 0 Å². The molecule has 0 atom stereocenters. The number of nitrogens with one attached hydrogen (secondary N) is 2. The average Bonchev–Trinajstić information content (AvgIpc) is 2.52. The lowest BCUT2D eigenvalue weighted by atomic mass is 10.4. The third-order valence-corrected chi connectivity index (χ3v) is 1.23. The topological polar surface area (TPSA) is 97.4 Å². The van der Waals surface area contributed by atoms with Crippen LogP contribution in [0.25, 0.3) is 0 Å². The highest BCUT2D eigenvalue weighted by atomic mass is 16.6. The van der Waals surface area contributed by atoms with Crippen LogP contribution in [0.1, 0.15) is 10.6 Å². The third-order valence-electron chi connectivity index (χ3n) is 1.23. The van der Waals surface area contributed by atoms with Gasteiger partial charge in [0.2, 0.25) is 0 Å². The van der Waals surface area contributed by atoms with E-state index < -0.39 is 16.7 Å². The van der Waals surface area contributed by atoms with E-state index in [-0.39, 0.29) is 5.76 Å². The summed E-state index contributed by atoms with van der Waals surface area (Å²) < 4.78 is 4.61. The predicted molar refractivity (Wildman–Crippen MR) is 41.9 cm³/mol. The van der Waals surface area contributed by atoms with Gasteiger partial charge in [0.05, 0.1) is 6.07 Å². The lowest BCUT2D eigenvalue weighted by molar-refractivity contribution is -0.402. The summed E-state index contributed by atoms with van der Waals surface area (Å²) in [4.78, 5) is 20.4. The second kappa shape index (κ2) is 3.68. The second-order valence-electron chi connectivity index (χ2n) is 2.10. The maximum atomic E-state index is 11.0. The Morgan fingerprint density at radius 2 is 2.31 bits per heavy atom. The molecule has 0 radical (unpaired) electrons. The molecule has 0 aliphatic carbocycles. The molecule has 0 saturated carbocycles. The molecule has 1 amide bonds. The molecule has 0 fully saturated rings. The minimum Gasteiger partial charge on any atom is -0.395 e. The normalized spacial score (nSPS) is 9.62. The zero-order valence-corrected chi connectivity index (χ0v) is 6.73. The van der Waals surface area contributed by atoms with E-state index >= 15 is 0 Å². The number of nitro groups is 1. The van der Waals surface area contributed by atoms with Crippen molar-refractivity contribution >= 4 is 11.8 Å². The van der Waals surface area contributed by atoms with Gasteiger partial charge in [-0.1, -0.05) is 0 Å². The van der Waals surface area contributed by atoms with Crippen molar-refractivity contribution in [3.05, 3.63) is 28.0 Å². The highest BCUT2D eigenvalue weighted by Crippen LogP contribution is 2.14. The Morgan fingerprint density at radius 3 is 2.77 bits per heavy atom. The number of hydrogen-bond donors (Lipinski definition) is 2. The number of nitrogens with zero attached hydrogens (tertiary/aromatic N) is 1. The number of rotatable bonds is 3. The van der Waals surface area contributed by atoms with Crippen molar-refractivity contribution in [1.82, 2.24) is 10.9 Å². The SMILES string of the molecule is CNNC(=O)c1ccc([N+](=O)[O-])o1. The zero-order chi connectivity index (χ0) is 9.84. The van der Waals surface area contributed by atoms with Crippen molar-refractivity contribution in [3.8, 4) is 0 Å². The summed E-state index contributed by atoms with van der Waals surface area (Å²) in [7, 11) is 1.50. The maximum absolute atomic E-state index is 11.0. The van der Waals surface area contributed by atoms with Gasteiger partial charge in [0, 0.05) is 7.05 Å². The quantitative estimate of drug-likeness (QED) is 0.512. The summed E-state index contributed by atoms with van der Waals surface area (Å²) in [6, 6.07) is 2.34. The maximum Gasteiger partial charge on any atom is 0.433 e. The number of furan rings is 1. The largest absolute Gasteiger partial charge is 0.433 e. The Labute approximate surface area is 72.8 Å². The Morgan fingerprint density at radius 1 is 1.62 bits per heavy atom. The molecule has 1 rings (SSSR count). The van der Waals surface area contributed by atoms with Crippen molar-refractivity contribution < 1.29 is 14.1 Å². The van der Waals surface area contributed by atoms with Gasteiger partial charge in [0.25, 0.3) is 0 Å². The molecule has 0 bridgehead atoms. The standard InChI is InChI=1S/C6H7N3O4/c1-7-8-6(10)4-2-3-5(13-4)9(11)12/h2-3,7H,1H3,(H,8,10). The van der Waals surface area contributed by atoms with Crippen LogP contribution in [0, 0.1) is 10.1 Å². The monoisotopic (exact) mass is 185 g/mol. The van der Waals surface area contributed by atoms with Gasteiger partial charge >= 0.3 is 11.8 Å². The van der Waals surface area contributed by atoms with E-state index in [9.17, 15) is 14.9 Å². The van der Waals surface area contributed by atoms with Gasteiger partial charge in [0.15, 0.2) is 5.76 Å². The van der Waals surface area contributed by atoms with Crippen molar-refractivity contribution in [1.29, 1.82) is 0 Å². The molecule has 7 heteroatoms. The average molecular weight is 185 g/mol. The van der Waals surface area contributed by atoms with Crippen LogP contribution in [0.5, 0.6) is 0 Å². The van der Waals surface area contributed by atoms with Crippen LogP contribution in [0.15, 0.2) is 16.5 Å². The van der Waals surface area contributed by atoms with Crippen LogP contribution < -0.4 is 10.9 Å². The molecule has 1 heterocycles. The molecule has 0 spiro atoms. The van der Waals surface area contributed by atoms with E-state index in [1.54, 1.807) is 0 Å². The minimum atomic E-state index is -0.712. The lowest BCUT2D eigenvalue weighted by Crippen LogP contribution is -2.33. The van der Waals surface area contributed by atoms with E-state index in [0.717, 1.165) is 6.07 Å². The fourth-order valence-corrected chi connectivity index (χ4v) is 0.723. The fourth-order valence-electron chi connectivity index (χ4n) is 0.723. The molecule has 0 aliphatic rings. The predicted octanol–water partition coefficient (Wildman–Crippen LogP) is 0.0520. The molecule has 1 aromatic heterocycles. The van der Waals surface area contributed by atoms with Crippen LogP contribution in [0.3, 0.4) is 0 Å². The first-order chi connectivity index (χ1) is 6.15. The first kappa shape index (κ1) is 9.20. The van der Waals surface area contributed by atoms with Gasteiger partial charge in [-0.25, -0.2) is 5.43 Å². The number of carbonyl (C=O) groups excluding carboxylic acids is 1. The van der Waals surface area contributed by atoms with Crippen LogP contribution in [-0.4, -0.2) is 17.9 Å². The van der Waals surface area contributed by atoms with Gasteiger partial charge in [0.1, 0.15) is 4.92 Å². The zero-order valence-electron chi connectivity index (χ0n) is 6.73. The number of hydrazine groups is 1. The molecular formula is C6H7N3O4. The van der Waals surface area contributed by atoms with Crippen LogP contribution in [0.4, 0.5) is 5.88 Å².